The van der Waals surface area contributed by atoms with E-state index in [1.807, 2.05) is 24.3 Å². The number of carbonyl (C=O) groups is 2. The summed E-state index contributed by atoms with van der Waals surface area (Å²) in [6.45, 7) is 4.24. The second kappa shape index (κ2) is 9.03. The molecule has 0 aromatic heterocycles. The Hall–Kier alpha value is -4.76. The molecule has 0 unspecified atom stereocenters. The molecule has 0 aliphatic heterocycles. The second-order valence-corrected chi connectivity index (χ2v) is 9.57. The van der Waals surface area contributed by atoms with E-state index in [-0.39, 0.29) is 17.1 Å². The van der Waals surface area contributed by atoms with Crippen molar-refractivity contribution in [3.05, 3.63) is 143 Å². The highest BCUT2D eigenvalue weighted by molar-refractivity contribution is 6.41. The van der Waals surface area contributed by atoms with Crippen molar-refractivity contribution in [2.24, 2.45) is 0 Å². The summed E-state index contributed by atoms with van der Waals surface area (Å²) in [5.41, 5.74) is 7.72. The largest absolute Gasteiger partial charge is 0.310 e. The Balaban J connectivity index is 1.40. The monoisotopic (exact) mass is 479 g/mol. The summed E-state index contributed by atoms with van der Waals surface area (Å²) in [6.07, 6.45) is 1.71. The van der Waals surface area contributed by atoms with Gasteiger partial charge in [-0.25, -0.2) is 0 Å². The molecule has 5 aromatic carbocycles. The van der Waals surface area contributed by atoms with Gasteiger partial charge >= 0.3 is 0 Å². The van der Waals surface area contributed by atoms with Crippen LogP contribution in [0.5, 0.6) is 0 Å². The van der Waals surface area contributed by atoms with Crippen LogP contribution >= 0.6 is 0 Å². The van der Waals surface area contributed by atoms with E-state index < -0.39 is 0 Å². The van der Waals surface area contributed by atoms with Crippen LogP contribution in [0.25, 0.3) is 16.8 Å². The number of para-hydroxylation sites is 1. The van der Waals surface area contributed by atoms with Crippen LogP contribution in [0.3, 0.4) is 0 Å². The first kappa shape index (κ1) is 22.7. The normalized spacial score (nSPS) is 12.6. The predicted molar refractivity (Wildman–Crippen MR) is 151 cm³/mol. The Labute approximate surface area is 216 Å². The van der Waals surface area contributed by atoms with Crippen LogP contribution in [0.1, 0.15) is 37.4 Å². The zero-order chi connectivity index (χ0) is 25.5. The number of ketones is 2. The molecule has 0 saturated carbocycles. The maximum absolute atomic E-state index is 12.8. The minimum Gasteiger partial charge on any atom is -0.310 e. The molecule has 178 valence electrons. The molecule has 0 saturated heterocycles. The molecule has 0 fully saturated rings. The quantitative estimate of drug-likeness (QED) is 0.192. The van der Waals surface area contributed by atoms with Crippen molar-refractivity contribution in [2.75, 3.05) is 4.90 Å². The van der Waals surface area contributed by atoms with E-state index in [2.05, 4.69) is 79.4 Å². The van der Waals surface area contributed by atoms with Gasteiger partial charge in [0.2, 0.25) is 0 Å². The van der Waals surface area contributed by atoms with Gasteiger partial charge in [-0.15, -0.1) is 0 Å². The summed E-state index contributed by atoms with van der Waals surface area (Å²) in [4.78, 5) is 27.9. The summed E-state index contributed by atoms with van der Waals surface area (Å²) in [6, 6.07) is 36.4. The number of hydrogen-bond donors (Lipinski definition) is 0. The predicted octanol–water partition coefficient (Wildman–Crippen LogP) is 8.39. The van der Waals surface area contributed by atoms with Gasteiger partial charge in [-0.3, -0.25) is 9.59 Å². The molecular formula is C34H25NO2. The van der Waals surface area contributed by atoms with Gasteiger partial charge in [-0.05, 0) is 89.9 Å². The van der Waals surface area contributed by atoms with E-state index in [0.717, 1.165) is 33.4 Å². The molecule has 3 heteroatoms. The summed E-state index contributed by atoms with van der Waals surface area (Å²) in [5, 5.41) is 2.12. The van der Waals surface area contributed by atoms with Gasteiger partial charge in [0.15, 0.2) is 11.6 Å². The van der Waals surface area contributed by atoms with Gasteiger partial charge in [-0.2, -0.15) is 0 Å². The number of carbonyl (C=O) groups excluding carboxylic acids is 2. The lowest BCUT2D eigenvalue weighted by Gasteiger charge is -2.26. The van der Waals surface area contributed by atoms with Crippen molar-refractivity contribution in [1.82, 2.24) is 0 Å². The van der Waals surface area contributed by atoms with Crippen LogP contribution in [0.15, 0.2) is 115 Å². The minimum absolute atomic E-state index is 0.206. The summed E-state index contributed by atoms with van der Waals surface area (Å²) in [7, 11) is 0. The second-order valence-electron chi connectivity index (χ2n) is 9.57. The van der Waals surface area contributed by atoms with Crippen LogP contribution in [0.2, 0.25) is 0 Å². The average molecular weight is 480 g/mol. The maximum Gasteiger partial charge on any atom is 0.197 e. The number of Topliss-reactive ketones (excluding diaryl/α,β-unsaturated/α-hetero) is 2. The van der Waals surface area contributed by atoms with Gasteiger partial charge < -0.3 is 4.90 Å². The van der Waals surface area contributed by atoms with Gasteiger partial charge in [-0.1, -0.05) is 66.7 Å². The molecule has 1 aliphatic rings. The summed E-state index contributed by atoms with van der Waals surface area (Å²) < 4.78 is 0. The molecule has 0 N–H and O–H groups in total. The number of nitrogens with zero attached hydrogens (tertiary/aromatic N) is 1. The number of benzene rings is 5. The number of allylic oxidation sites excluding steroid dienone is 1. The molecule has 0 amide bonds. The molecule has 5 aromatic rings. The van der Waals surface area contributed by atoms with E-state index in [4.69, 9.17) is 0 Å². The molecule has 1 aliphatic carbocycles. The molecule has 0 spiro atoms. The Morgan fingerprint density at radius 2 is 1.14 bits per heavy atom. The first-order valence-electron chi connectivity index (χ1n) is 12.4. The highest BCUT2D eigenvalue weighted by atomic mass is 16.2. The van der Waals surface area contributed by atoms with Crippen LogP contribution in [-0.2, 0) is 0 Å². The number of aryl methyl sites for hydroxylation is 2. The van der Waals surface area contributed by atoms with Crippen molar-refractivity contribution in [1.29, 1.82) is 0 Å². The zero-order valence-corrected chi connectivity index (χ0v) is 20.7. The fourth-order valence-electron chi connectivity index (χ4n) is 5.15. The Morgan fingerprint density at radius 3 is 1.81 bits per heavy atom. The van der Waals surface area contributed by atoms with Crippen LogP contribution < -0.4 is 4.90 Å². The fourth-order valence-corrected chi connectivity index (χ4v) is 5.15. The third-order valence-corrected chi connectivity index (χ3v) is 6.80. The van der Waals surface area contributed by atoms with Crippen molar-refractivity contribution in [2.45, 2.75) is 13.8 Å². The molecule has 0 radical (unpaired) electrons. The van der Waals surface area contributed by atoms with E-state index in [0.29, 0.717) is 11.1 Å². The first-order chi connectivity index (χ1) is 18.0. The Kier molecular flexibility index (Phi) is 5.54. The smallest absolute Gasteiger partial charge is 0.197 e. The van der Waals surface area contributed by atoms with E-state index >= 15 is 0 Å². The van der Waals surface area contributed by atoms with Crippen molar-refractivity contribution >= 4 is 45.5 Å². The standard InChI is InChI=1S/C34H25NO2/c1-22-16-23(2)18-29(17-22)35(27-8-4-3-5-9-27)28-15-14-25-19-24(12-13-26(25)21-28)20-32-33(36)30-10-6-7-11-31(30)34(32)37/h3-21H,1-2H3. The molecule has 3 nitrogen and oxygen atoms in total. The molecule has 0 bridgehead atoms. The van der Waals surface area contributed by atoms with Gasteiger partial charge in [0, 0.05) is 28.2 Å². The topological polar surface area (TPSA) is 37.4 Å². The van der Waals surface area contributed by atoms with E-state index in [9.17, 15) is 9.59 Å². The highest BCUT2D eigenvalue weighted by Crippen LogP contribution is 2.37. The van der Waals surface area contributed by atoms with Crippen molar-refractivity contribution in [3.63, 3.8) is 0 Å². The third kappa shape index (κ3) is 4.15. The van der Waals surface area contributed by atoms with Crippen LogP contribution in [0, 0.1) is 13.8 Å². The lowest BCUT2D eigenvalue weighted by Crippen LogP contribution is -2.10. The van der Waals surface area contributed by atoms with Crippen molar-refractivity contribution < 1.29 is 9.59 Å². The van der Waals surface area contributed by atoms with Gasteiger partial charge in [0.05, 0.1) is 5.57 Å². The van der Waals surface area contributed by atoms with Gasteiger partial charge in [0.1, 0.15) is 0 Å². The summed E-state index contributed by atoms with van der Waals surface area (Å²) >= 11 is 0. The van der Waals surface area contributed by atoms with Gasteiger partial charge in [0.25, 0.3) is 0 Å². The van der Waals surface area contributed by atoms with E-state index in [1.165, 1.54) is 11.1 Å². The molecule has 37 heavy (non-hydrogen) atoms. The SMILES string of the molecule is Cc1cc(C)cc(N(c2ccccc2)c2ccc3cc(C=C4C(=O)c5ccccc5C4=O)ccc3c2)c1. The number of fused-ring (bicyclic) bond motifs is 2. The lowest BCUT2D eigenvalue weighted by atomic mass is 10.0. The van der Waals surface area contributed by atoms with Crippen LogP contribution in [-0.4, -0.2) is 11.6 Å². The Bertz CT molecular complexity index is 1670. The van der Waals surface area contributed by atoms with Crippen LogP contribution in [0.4, 0.5) is 17.1 Å². The zero-order valence-electron chi connectivity index (χ0n) is 20.7. The average Bonchev–Trinajstić information content (AvgIpc) is 3.14. The molecular weight excluding hydrogens is 454 g/mol. The Morgan fingerprint density at radius 1 is 0.541 bits per heavy atom. The number of anilines is 3. The summed E-state index contributed by atoms with van der Waals surface area (Å²) in [5.74, 6) is -0.411. The number of hydrogen-bond acceptors (Lipinski definition) is 3. The maximum atomic E-state index is 12.8. The third-order valence-electron chi connectivity index (χ3n) is 6.80. The van der Waals surface area contributed by atoms with Crippen molar-refractivity contribution in [3.8, 4) is 0 Å². The lowest BCUT2D eigenvalue weighted by molar-refractivity contribution is 0.0990. The molecule has 0 heterocycles. The van der Waals surface area contributed by atoms with E-state index in [1.54, 1.807) is 30.3 Å². The first-order valence-corrected chi connectivity index (χ1v) is 12.4. The highest BCUT2D eigenvalue weighted by Gasteiger charge is 2.32. The molecule has 0 atom stereocenters. The number of rotatable bonds is 4. The fraction of sp³-hybridized carbons (Fsp3) is 0.0588. The molecule has 6 rings (SSSR count). The minimum atomic E-state index is -0.206.